The maximum atomic E-state index is 13.8. The van der Waals surface area contributed by atoms with Gasteiger partial charge in [-0.15, -0.1) is 0 Å². The van der Waals surface area contributed by atoms with Crippen LogP contribution in [0.15, 0.2) is 66.7 Å². The molecule has 0 spiro atoms. The van der Waals surface area contributed by atoms with E-state index >= 15 is 0 Å². The van der Waals surface area contributed by atoms with E-state index in [0.29, 0.717) is 72.1 Å². The lowest BCUT2D eigenvalue weighted by molar-refractivity contribution is -0.132. The molecule has 0 unspecified atom stereocenters. The number of carbonyl (C=O) groups excluding carboxylic acids is 1. The zero-order chi connectivity index (χ0) is 30.6. The van der Waals surface area contributed by atoms with Crippen LogP contribution in [-0.2, 0) is 24.2 Å². The third-order valence-electron chi connectivity index (χ3n) is 7.94. The fourth-order valence-corrected chi connectivity index (χ4v) is 5.66. The van der Waals surface area contributed by atoms with E-state index in [9.17, 15) is 18.0 Å². The first-order chi connectivity index (χ1) is 20.6. The Balaban J connectivity index is 1.35. The number of carbonyl (C=O) groups is 1. The topological polar surface area (TPSA) is 103 Å². The Labute approximate surface area is 248 Å². The van der Waals surface area contributed by atoms with Crippen molar-refractivity contribution in [3.05, 3.63) is 83.4 Å². The summed E-state index contributed by atoms with van der Waals surface area (Å²) in [5.74, 6) is 1.70. The second-order valence-electron chi connectivity index (χ2n) is 10.9. The van der Waals surface area contributed by atoms with Gasteiger partial charge in [0.1, 0.15) is 5.82 Å². The molecule has 1 aromatic heterocycles. The molecule has 5 rings (SSSR count). The molecule has 3 N–H and O–H groups in total. The van der Waals surface area contributed by atoms with E-state index in [1.807, 2.05) is 35.2 Å². The van der Waals surface area contributed by atoms with Gasteiger partial charge in [0.05, 0.1) is 31.6 Å². The Bertz CT molecular complexity index is 1590. The zero-order valence-corrected chi connectivity index (χ0v) is 24.1. The first-order valence-electron chi connectivity index (χ1n) is 14.0. The summed E-state index contributed by atoms with van der Waals surface area (Å²) in [4.78, 5) is 25.2. The predicted octanol–water partition coefficient (Wildman–Crippen LogP) is 5.48. The van der Waals surface area contributed by atoms with Crippen LogP contribution in [0.5, 0.6) is 11.5 Å². The van der Waals surface area contributed by atoms with Crippen LogP contribution in [0.3, 0.4) is 0 Å². The van der Waals surface area contributed by atoms with Crippen LogP contribution in [0, 0.1) is 5.41 Å². The SMILES string of the molecule is COc1cc2nc(N3CCC(Cc4ccccc4)(C(=O)NCc4cccc(CC(F)(F)F)c4)CC3)nc(N)c2cc1OC. The molecule has 0 bridgehead atoms. The molecule has 43 heavy (non-hydrogen) atoms. The van der Waals surface area contributed by atoms with Crippen LogP contribution in [0.1, 0.15) is 29.5 Å². The number of fused-ring (bicyclic) bond motifs is 1. The van der Waals surface area contributed by atoms with Crippen molar-refractivity contribution in [2.45, 2.75) is 38.4 Å². The zero-order valence-electron chi connectivity index (χ0n) is 24.1. The lowest BCUT2D eigenvalue weighted by Crippen LogP contribution is -2.50. The van der Waals surface area contributed by atoms with E-state index in [1.54, 1.807) is 38.5 Å². The highest BCUT2D eigenvalue weighted by molar-refractivity contribution is 5.92. The molecular formula is C32H34F3N5O3. The molecule has 1 aliphatic heterocycles. The minimum absolute atomic E-state index is 0.131. The molecule has 1 saturated heterocycles. The van der Waals surface area contributed by atoms with Crippen LogP contribution in [0.4, 0.5) is 24.9 Å². The fraction of sp³-hybridized carbons (Fsp3) is 0.344. The van der Waals surface area contributed by atoms with Gasteiger partial charge in [-0.2, -0.15) is 18.2 Å². The van der Waals surface area contributed by atoms with Crippen LogP contribution in [0.2, 0.25) is 0 Å². The highest BCUT2D eigenvalue weighted by atomic mass is 19.4. The lowest BCUT2D eigenvalue weighted by atomic mass is 9.73. The summed E-state index contributed by atoms with van der Waals surface area (Å²) < 4.78 is 49.5. The molecule has 0 radical (unpaired) electrons. The average Bonchev–Trinajstić information content (AvgIpc) is 2.99. The van der Waals surface area contributed by atoms with Crippen LogP contribution in [-0.4, -0.2) is 49.4 Å². The van der Waals surface area contributed by atoms with Crippen LogP contribution in [0.25, 0.3) is 10.9 Å². The maximum Gasteiger partial charge on any atom is 0.393 e. The van der Waals surface area contributed by atoms with Gasteiger partial charge >= 0.3 is 6.18 Å². The number of halogens is 3. The highest BCUT2D eigenvalue weighted by Gasteiger charge is 2.42. The summed E-state index contributed by atoms with van der Waals surface area (Å²) in [7, 11) is 3.10. The van der Waals surface area contributed by atoms with Crippen molar-refractivity contribution in [1.82, 2.24) is 15.3 Å². The number of ether oxygens (including phenoxy) is 2. The largest absolute Gasteiger partial charge is 0.493 e. The summed E-state index contributed by atoms with van der Waals surface area (Å²) in [5, 5.41) is 3.66. The standard InChI is InChI=1S/C32H34F3N5O3/c1-42-26-16-24-25(17-27(26)43-2)38-30(39-28(24)36)40-13-11-31(12-14-40,18-21-7-4-3-5-8-21)29(41)37-20-23-10-6-9-22(15-23)19-32(33,34)35/h3-10,15-17H,11-14,18-20H2,1-2H3,(H,37,41)(H2,36,38,39). The molecular weight excluding hydrogens is 559 g/mol. The monoisotopic (exact) mass is 593 g/mol. The number of aromatic nitrogens is 2. The quantitative estimate of drug-likeness (QED) is 0.265. The summed E-state index contributed by atoms with van der Waals surface area (Å²) in [6.45, 7) is 1.17. The first kappa shape index (κ1) is 29.9. The Hall–Kier alpha value is -4.54. The number of piperidine rings is 1. The van der Waals surface area contributed by atoms with Crippen molar-refractivity contribution in [2.75, 3.05) is 37.9 Å². The molecule has 1 aliphatic rings. The number of nitrogens with one attached hydrogen (secondary N) is 1. The molecule has 1 amide bonds. The number of hydrogen-bond acceptors (Lipinski definition) is 7. The summed E-state index contributed by atoms with van der Waals surface area (Å²) in [6, 6.07) is 19.6. The number of rotatable bonds is 9. The third kappa shape index (κ3) is 6.93. The van der Waals surface area contributed by atoms with Crippen LogP contribution < -0.4 is 25.4 Å². The number of amides is 1. The van der Waals surface area contributed by atoms with Gasteiger partial charge in [-0.3, -0.25) is 4.79 Å². The van der Waals surface area contributed by atoms with E-state index < -0.39 is 18.0 Å². The molecule has 0 aliphatic carbocycles. The Morgan fingerprint density at radius 3 is 2.26 bits per heavy atom. The minimum atomic E-state index is -4.30. The van der Waals surface area contributed by atoms with Gasteiger partial charge in [0, 0.05) is 31.1 Å². The van der Waals surface area contributed by atoms with Gasteiger partial charge in [0.15, 0.2) is 11.5 Å². The highest BCUT2D eigenvalue weighted by Crippen LogP contribution is 2.38. The molecule has 226 valence electrons. The molecule has 8 nitrogen and oxygen atoms in total. The van der Waals surface area contributed by atoms with Crippen molar-refractivity contribution in [1.29, 1.82) is 0 Å². The van der Waals surface area contributed by atoms with Gasteiger partial charge in [-0.05, 0) is 42.0 Å². The van der Waals surface area contributed by atoms with E-state index in [2.05, 4.69) is 10.3 Å². The summed E-state index contributed by atoms with van der Waals surface area (Å²) >= 11 is 0. The number of methoxy groups -OCH3 is 2. The number of nitrogens with two attached hydrogens (primary N) is 1. The number of nitrogens with zero attached hydrogens (tertiary/aromatic N) is 3. The molecule has 0 saturated carbocycles. The van der Waals surface area contributed by atoms with Crippen molar-refractivity contribution < 1.29 is 27.4 Å². The number of benzene rings is 3. The van der Waals surface area contributed by atoms with Gasteiger partial charge < -0.3 is 25.4 Å². The maximum absolute atomic E-state index is 13.8. The molecule has 11 heteroatoms. The smallest absolute Gasteiger partial charge is 0.393 e. The number of anilines is 2. The van der Waals surface area contributed by atoms with E-state index in [0.717, 1.165) is 5.56 Å². The van der Waals surface area contributed by atoms with Gasteiger partial charge in [0.2, 0.25) is 11.9 Å². The fourth-order valence-electron chi connectivity index (χ4n) is 5.66. The normalized spacial score (nSPS) is 14.9. The second kappa shape index (κ2) is 12.4. The van der Waals surface area contributed by atoms with Crippen molar-refractivity contribution >= 4 is 28.6 Å². The number of alkyl halides is 3. The van der Waals surface area contributed by atoms with E-state index in [1.165, 1.54) is 12.1 Å². The Kier molecular flexibility index (Phi) is 8.61. The van der Waals surface area contributed by atoms with E-state index in [-0.39, 0.29) is 18.0 Å². The Morgan fingerprint density at radius 2 is 1.58 bits per heavy atom. The van der Waals surface area contributed by atoms with Crippen molar-refractivity contribution in [3.63, 3.8) is 0 Å². The second-order valence-corrected chi connectivity index (χ2v) is 10.9. The summed E-state index contributed by atoms with van der Waals surface area (Å²) in [5.41, 5.74) is 8.03. The Morgan fingerprint density at radius 1 is 0.930 bits per heavy atom. The average molecular weight is 594 g/mol. The van der Waals surface area contributed by atoms with Crippen LogP contribution >= 0.6 is 0 Å². The third-order valence-corrected chi connectivity index (χ3v) is 7.94. The molecule has 3 aromatic carbocycles. The number of hydrogen-bond donors (Lipinski definition) is 2. The minimum Gasteiger partial charge on any atom is -0.493 e. The van der Waals surface area contributed by atoms with Gasteiger partial charge in [-0.25, -0.2) is 4.98 Å². The molecule has 0 atom stereocenters. The van der Waals surface area contributed by atoms with E-state index in [4.69, 9.17) is 20.2 Å². The van der Waals surface area contributed by atoms with Crippen molar-refractivity contribution in [3.8, 4) is 11.5 Å². The first-order valence-corrected chi connectivity index (χ1v) is 14.0. The number of nitrogen functional groups attached to an aromatic ring is 1. The van der Waals surface area contributed by atoms with Gasteiger partial charge in [-0.1, -0.05) is 54.6 Å². The van der Waals surface area contributed by atoms with Crippen molar-refractivity contribution in [2.24, 2.45) is 5.41 Å². The molecule has 4 aromatic rings. The summed E-state index contributed by atoms with van der Waals surface area (Å²) in [6.07, 6.45) is -3.73. The molecule has 2 heterocycles. The predicted molar refractivity (Wildman–Crippen MR) is 159 cm³/mol. The lowest BCUT2D eigenvalue weighted by Gasteiger charge is -2.41. The van der Waals surface area contributed by atoms with Gasteiger partial charge in [0.25, 0.3) is 0 Å². The molecule has 1 fully saturated rings.